The molecule has 2 heterocycles. The number of carbonyl (C=O) groups excluding carboxylic acids is 2. The Morgan fingerprint density at radius 2 is 1.72 bits per heavy atom. The number of hydrogen-bond donors (Lipinski definition) is 3. The van der Waals surface area contributed by atoms with Crippen molar-refractivity contribution >= 4 is 48.0 Å². The fourth-order valence-corrected chi connectivity index (χ4v) is 4.10. The third-order valence-corrected chi connectivity index (χ3v) is 5.51. The zero-order valence-corrected chi connectivity index (χ0v) is 17.6. The number of anilines is 2. The number of fused-ring (bicyclic) bond motifs is 1. The van der Waals surface area contributed by atoms with E-state index in [-0.39, 0.29) is 42.7 Å². The second-order valence-corrected chi connectivity index (χ2v) is 7.37. The highest BCUT2D eigenvalue weighted by Gasteiger charge is 2.38. The molecular formula is C21H26Cl2N4O2. The van der Waals surface area contributed by atoms with Gasteiger partial charge in [0.05, 0.1) is 17.9 Å². The Kier molecular flexibility index (Phi) is 8.44. The first-order chi connectivity index (χ1) is 13.2. The Bertz CT molecular complexity index is 803. The van der Waals surface area contributed by atoms with Crippen LogP contribution in [0.4, 0.5) is 11.4 Å². The number of halogens is 2. The third-order valence-electron chi connectivity index (χ3n) is 5.51. The molecule has 156 valence electrons. The van der Waals surface area contributed by atoms with Gasteiger partial charge in [0.2, 0.25) is 5.91 Å². The Labute approximate surface area is 183 Å². The lowest BCUT2D eigenvalue weighted by Crippen LogP contribution is -2.39. The molecule has 1 aliphatic heterocycles. The van der Waals surface area contributed by atoms with Crippen LogP contribution in [-0.2, 0) is 4.79 Å². The molecule has 3 N–H and O–H groups in total. The largest absolute Gasteiger partial charge is 0.325 e. The van der Waals surface area contributed by atoms with Gasteiger partial charge in [-0.3, -0.25) is 14.6 Å². The van der Waals surface area contributed by atoms with Crippen LogP contribution in [0.1, 0.15) is 42.5 Å². The van der Waals surface area contributed by atoms with Crippen molar-refractivity contribution in [1.82, 2.24) is 10.3 Å². The molecular weight excluding hydrogens is 411 g/mol. The van der Waals surface area contributed by atoms with Gasteiger partial charge in [0.1, 0.15) is 0 Å². The molecule has 1 aromatic heterocycles. The summed E-state index contributed by atoms with van der Waals surface area (Å²) in [5.41, 5.74) is 1.88. The van der Waals surface area contributed by atoms with E-state index in [9.17, 15) is 9.59 Å². The van der Waals surface area contributed by atoms with Gasteiger partial charge < -0.3 is 16.0 Å². The van der Waals surface area contributed by atoms with Gasteiger partial charge in [0.25, 0.3) is 5.91 Å². The zero-order valence-electron chi connectivity index (χ0n) is 16.0. The molecule has 2 fully saturated rings. The van der Waals surface area contributed by atoms with Gasteiger partial charge in [-0.05, 0) is 61.6 Å². The first-order valence-electron chi connectivity index (χ1n) is 9.57. The molecule has 1 aromatic carbocycles. The Morgan fingerprint density at radius 3 is 2.41 bits per heavy atom. The van der Waals surface area contributed by atoms with Gasteiger partial charge in [-0.1, -0.05) is 12.8 Å². The average Bonchev–Trinajstić information content (AvgIpc) is 3.14. The monoisotopic (exact) mass is 436 g/mol. The fraction of sp³-hybridized carbons (Fsp3) is 0.381. The number of nitrogens with zero attached hydrogens (tertiary/aromatic N) is 1. The van der Waals surface area contributed by atoms with E-state index in [1.54, 1.807) is 48.8 Å². The molecule has 29 heavy (non-hydrogen) atoms. The number of rotatable bonds is 4. The van der Waals surface area contributed by atoms with Crippen molar-refractivity contribution < 1.29 is 9.59 Å². The lowest BCUT2D eigenvalue weighted by molar-refractivity contribution is -0.117. The second-order valence-electron chi connectivity index (χ2n) is 7.37. The number of nitrogens with one attached hydrogen (secondary N) is 3. The second kappa shape index (κ2) is 10.6. The summed E-state index contributed by atoms with van der Waals surface area (Å²) in [6.07, 6.45) is 9.10. The fourth-order valence-electron chi connectivity index (χ4n) is 4.10. The van der Waals surface area contributed by atoms with Gasteiger partial charge in [0, 0.05) is 23.5 Å². The highest BCUT2D eigenvalue weighted by molar-refractivity contribution is 6.04. The van der Waals surface area contributed by atoms with E-state index >= 15 is 0 Å². The summed E-state index contributed by atoms with van der Waals surface area (Å²) in [5.74, 6) is 0.437. The molecule has 1 saturated heterocycles. The summed E-state index contributed by atoms with van der Waals surface area (Å²) < 4.78 is 0. The molecule has 2 amide bonds. The maximum atomic E-state index is 12.6. The summed E-state index contributed by atoms with van der Waals surface area (Å²) >= 11 is 0. The molecule has 0 radical (unpaired) electrons. The highest BCUT2D eigenvalue weighted by Crippen LogP contribution is 2.33. The Balaban J connectivity index is 0.00000150. The van der Waals surface area contributed by atoms with E-state index in [0.29, 0.717) is 28.9 Å². The van der Waals surface area contributed by atoms with Crippen molar-refractivity contribution in [3.05, 3.63) is 54.4 Å². The van der Waals surface area contributed by atoms with Crippen LogP contribution in [0.25, 0.3) is 0 Å². The number of pyridine rings is 1. The van der Waals surface area contributed by atoms with Crippen molar-refractivity contribution in [2.24, 2.45) is 5.92 Å². The van der Waals surface area contributed by atoms with Gasteiger partial charge in [0.15, 0.2) is 0 Å². The lowest BCUT2D eigenvalue weighted by Gasteiger charge is -2.24. The van der Waals surface area contributed by atoms with E-state index in [1.807, 2.05) is 0 Å². The van der Waals surface area contributed by atoms with Crippen LogP contribution in [0.2, 0.25) is 0 Å². The number of hydrogen-bond acceptors (Lipinski definition) is 4. The maximum absolute atomic E-state index is 12.6. The predicted molar refractivity (Wildman–Crippen MR) is 119 cm³/mol. The quantitative estimate of drug-likeness (QED) is 0.675. The number of carbonyl (C=O) groups is 2. The van der Waals surface area contributed by atoms with Crippen LogP contribution >= 0.6 is 24.8 Å². The van der Waals surface area contributed by atoms with E-state index < -0.39 is 0 Å². The maximum Gasteiger partial charge on any atom is 0.255 e. The summed E-state index contributed by atoms with van der Waals surface area (Å²) in [7, 11) is 0. The van der Waals surface area contributed by atoms with Gasteiger partial charge in [-0.25, -0.2) is 0 Å². The summed E-state index contributed by atoms with van der Waals surface area (Å²) in [4.78, 5) is 28.8. The molecule has 6 nitrogen and oxygen atoms in total. The van der Waals surface area contributed by atoms with Gasteiger partial charge in [-0.2, -0.15) is 0 Å². The first kappa shape index (κ1) is 23.1. The van der Waals surface area contributed by atoms with Crippen molar-refractivity contribution in [3.8, 4) is 0 Å². The van der Waals surface area contributed by atoms with Crippen LogP contribution in [-0.4, -0.2) is 28.9 Å². The third kappa shape index (κ3) is 5.69. The minimum absolute atomic E-state index is 0. The molecule has 0 spiro atoms. The van der Waals surface area contributed by atoms with Crippen molar-refractivity contribution in [2.75, 3.05) is 10.6 Å². The zero-order chi connectivity index (χ0) is 18.6. The molecule has 8 heteroatoms. The van der Waals surface area contributed by atoms with Crippen LogP contribution in [0, 0.1) is 5.92 Å². The Hall–Kier alpha value is -2.15. The smallest absolute Gasteiger partial charge is 0.255 e. The first-order valence-corrected chi connectivity index (χ1v) is 9.57. The van der Waals surface area contributed by atoms with Crippen LogP contribution < -0.4 is 16.0 Å². The van der Waals surface area contributed by atoms with Crippen molar-refractivity contribution in [1.29, 1.82) is 0 Å². The summed E-state index contributed by atoms with van der Waals surface area (Å²) in [5, 5.41) is 9.25. The minimum Gasteiger partial charge on any atom is -0.325 e. The standard InChI is InChI=1S/C21H24N4O2.2ClH/c26-20(24-17-5-3-11-22-13-17)14-7-9-16(10-8-14)23-21(27)19-12-15-4-1-2-6-18(15)25-19;;/h3,5,7-11,13,15,18-19,25H,1-2,4,6,12H2,(H,23,27)(H,24,26);2*1H. The lowest BCUT2D eigenvalue weighted by atomic mass is 9.85. The molecule has 3 atom stereocenters. The molecule has 0 bridgehead atoms. The molecule has 1 aliphatic carbocycles. The topological polar surface area (TPSA) is 83.1 Å². The summed E-state index contributed by atoms with van der Waals surface area (Å²) in [6, 6.07) is 10.9. The van der Waals surface area contributed by atoms with E-state index in [0.717, 1.165) is 6.42 Å². The van der Waals surface area contributed by atoms with Crippen molar-refractivity contribution in [2.45, 2.75) is 44.2 Å². The van der Waals surface area contributed by atoms with Gasteiger partial charge in [-0.15, -0.1) is 24.8 Å². The number of aromatic nitrogens is 1. The van der Waals surface area contributed by atoms with E-state index in [4.69, 9.17) is 0 Å². The van der Waals surface area contributed by atoms with Gasteiger partial charge >= 0.3 is 0 Å². The predicted octanol–water partition coefficient (Wildman–Crippen LogP) is 4.04. The molecule has 4 rings (SSSR count). The van der Waals surface area contributed by atoms with Crippen LogP contribution in [0.5, 0.6) is 0 Å². The van der Waals surface area contributed by atoms with Crippen LogP contribution in [0.15, 0.2) is 48.8 Å². The Morgan fingerprint density at radius 1 is 0.966 bits per heavy atom. The van der Waals surface area contributed by atoms with E-state index in [1.165, 1.54) is 25.7 Å². The number of benzene rings is 1. The molecule has 3 unspecified atom stereocenters. The highest BCUT2D eigenvalue weighted by atomic mass is 35.5. The minimum atomic E-state index is -0.206. The average molecular weight is 437 g/mol. The molecule has 2 aliphatic rings. The number of amides is 2. The van der Waals surface area contributed by atoms with Crippen molar-refractivity contribution in [3.63, 3.8) is 0 Å². The molecule has 1 saturated carbocycles. The van der Waals surface area contributed by atoms with Crippen LogP contribution in [0.3, 0.4) is 0 Å². The molecule has 2 aromatic rings. The van der Waals surface area contributed by atoms with E-state index in [2.05, 4.69) is 20.9 Å². The SMILES string of the molecule is Cl.Cl.O=C(Nc1cccnc1)c1ccc(NC(=O)C2CC3CCCCC3N2)cc1. The normalized spacial score (nSPS) is 22.4. The summed E-state index contributed by atoms with van der Waals surface area (Å²) in [6.45, 7) is 0.